The third-order valence-corrected chi connectivity index (χ3v) is 3.99. The highest BCUT2D eigenvalue weighted by Crippen LogP contribution is 2.27. The fourth-order valence-electron chi connectivity index (χ4n) is 2.71. The second-order valence-electron chi connectivity index (χ2n) is 5.64. The number of rotatable bonds is 2. The van der Waals surface area contributed by atoms with Crippen molar-refractivity contribution in [3.05, 3.63) is 63.6 Å². The van der Waals surface area contributed by atoms with E-state index in [1.54, 1.807) is 0 Å². The molecule has 5 nitrogen and oxygen atoms in total. The average molecular weight is 337 g/mol. The van der Waals surface area contributed by atoms with Crippen molar-refractivity contribution < 1.29 is 18.0 Å². The van der Waals surface area contributed by atoms with E-state index in [0.29, 0.717) is 23.8 Å². The lowest BCUT2D eigenvalue weighted by molar-refractivity contribution is -0.144. The van der Waals surface area contributed by atoms with Crippen LogP contribution in [0.1, 0.15) is 29.8 Å². The normalized spacial score (nSPS) is 15.2. The standard InChI is InChI=1S/C16H14F3N3O2/c1-10(22-14(23)7-6-13(20-22)16(17,18)19)15(24)21-8-11-4-2-3-5-12(11)9-21/h2-7,10H,8-9H2,1H3. The van der Waals surface area contributed by atoms with Crippen LogP contribution < -0.4 is 5.56 Å². The van der Waals surface area contributed by atoms with E-state index in [1.165, 1.54) is 11.8 Å². The predicted molar refractivity (Wildman–Crippen MR) is 78.9 cm³/mol. The Balaban J connectivity index is 1.86. The molecule has 2 heterocycles. The number of aromatic nitrogens is 2. The molecule has 3 rings (SSSR count). The minimum Gasteiger partial charge on any atom is -0.332 e. The van der Waals surface area contributed by atoms with E-state index in [9.17, 15) is 22.8 Å². The summed E-state index contributed by atoms with van der Waals surface area (Å²) in [5.41, 5.74) is 0.0248. The largest absolute Gasteiger partial charge is 0.435 e. The summed E-state index contributed by atoms with van der Waals surface area (Å²) in [4.78, 5) is 25.9. The van der Waals surface area contributed by atoms with Crippen LogP contribution in [0, 0.1) is 0 Å². The maximum absolute atomic E-state index is 12.8. The summed E-state index contributed by atoms with van der Waals surface area (Å²) in [6.45, 7) is 2.11. The molecule has 1 aromatic carbocycles. The van der Waals surface area contributed by atoms with Gasteiger partial charge in [-0.05, 0) is 24.1 Å². The first kappa shape index (κ1) is 16.2. The molecule has 0 spiro atoms. The summed E-state index contributed by atoms with van der Waals surface area (Å²) in [6.07, 6.45) is -4.68. The average Bonchev–Trinajstić information content (AvgIpc) is 2.96. The molecule has 0 radical (unpaired) electrons. The Morgan fingerprint density at radius 2 is 1.71 bits per heavy atom. The van der Waals surface area contributed by atoms with Crippen LogP contribution in [-0.4, -0.2) is 20.6 Å². The maximum atomic E-state index is 12.8. The van der Waals surface area contributed by atoms with Gasteiger partial charge in [0.15, 0.2) is 5.69 Å². The number of benzene rings is 1. The Morgan fingerprint density at radius 3 is 2.25 bits per heavy atom. The van der Waals surface area contributed by atoms with Crippen molar-refractivity contribution in [3.8, 4) is 0 Å². The molecule has 24 heavy (non-hydrogen) atoms. The van der Waals surface area contributed by atoms with Gasteiger partial charge < -0.3 is 4.90 Å². The molecular weight excluding hydrogens is 323 g/mol. The number of carbonyl (C=O) groups excluding carboxylic acids is 1. The van der Waals surface area contributed by atoms with Gasteiger partial charge in [0.05, 0.1) is 0 Å². The van der Waals surface area contributed by atoms with E-state index >= 15 is 0 Å². The van der Waals surface area contributed by atoms with Crippen molar-refractivity contribution in [1.29, 1.82) is 0 Å². The molecule has 0 N–H and O–H groups in total. The van der Waals surface area contributed by atoms with E-state index in [2.05, 4.69) is 5.10 Å². The second kappa shape index (κ2) is 5.77. The van der Waals surface area contributed by atoms with Crippen molar-refractivity contribution in [2.24, 2.45) is 0 Å². The lowest BCUT2D eigenvalue weighted by Crippen LogP contribution is -2.38. The number of carbonyl (C=O) groups is 1. The Kier molecular flexibility index (Phi) is 3.90. The van der Waals surface area contributed by atoms with Gasteiger partial charge in [-0.1, -0.05) is 24.3 Å². The summed E-state index contributed by atoms with van der Waals surface area (Å²) in [5, 5.41) is 3.32. The summed E-state index contributed by atoms with van der Waals surface area (Å²) in [7, 11) is 0. The molecule has 126 valence electrons. The predicted octanol–water partition coefficient (Wildman–Crippen LogP) is 2.37. The molecule has 0 aliphatic carbocycles. The van der Waals surface area contributed by atoms with E-state index in [1.807, 2.05) is 24.3 Å². The zero-order valence-corrected chi connectivity index (χ0v) is 12.7. The van der Waals surface area contributed by atoms with Gasteiger partial charge in [0.25, 0.3) is 5.56 Å². The van der Waals surface area contributed by atoms with Gasteiger partial charge in [0, 0.05) is 19.2 Å². The van der Waals surface area contributed by atoms with Gasteiger partial charge in [0.1, 0.15) is 6.04 Å². The Bertz CT molecular complexity index is 820. The van der Waals surface area contributed by atoms with Gasteiger partial charge in [-0.2, -0.15) is 18.3 Å². The SMILES string of the molecule is CC(C(=O)N1Cc2ccccc2C1)n1nc(C(F)(F)F)ccc1=O. The van der Waals surface area contributed by atoms with Crippen molar-refractivity contribution in [2.45, 2.75) is 32.2 Å². The highest BCUT2D eigenvalue weighted by atomic mass is 19.4. The van der Waals surface area contributed by atoms with Crippen LogP contribution in [0.3, 0.4) is 0 Å². The molecule has 1 aromatic heterocycles. The van der Waals surface area contributed by atoms with E-state index < -0.39 is 29.4 Å². The van der Waals surface area contributed by atoms with Crippen molar-refractivity contribution in [2.75, 3.05) is 0 Å². The molecular formula is C16H14F3N3O2. The Morgan fingerprint density at radius 1 is 1.12 bits per heavy atom. The molecule has 0 saturated heterocycles. The van der Waals surface area contributed by atoms with Crippen LogP contribution in [0.5, 0.6) is 0 Å². The quantitative estimate of drug-likeness (QED) is 0.845. The van der Waals surface area contributed by atoms with Gasteiger partial charge in [0.2, 0.25) is 5.91 Å². The highest BCUT2D eigenvalue weighted by Gasteiger charge is 2.35. The molecule has 1 amide bonds. The molecule has 1 unspecified atom stereocenters. The van der Waals surface area contributed by atoms with Crippen LogP contribution in [-0.2, 0) is 24.1 Å². The Hall–Kier alpha value is -2.64. The monoisotopic (exact) mass is 337 g/mol. The second-order valence-corrected chi connectivity index (χ2v) is 5.64. The topological polar surface area (TPSA) is 55.2 Å². The van der Waals surface area contributed by atoms with Crippen LogP contribution in [0.2, 0.25) is 0 Å². The molecule has 1 aliphatic rings. The van der Waals surface area contributed by atoms with Crippen LogP contribution in [0.15, 0.2) is 41.2 Å². The first-order chi connectivity index (χ1) is 11.3. The molecule has 0 saturated carbocycles. The highest BCUT2D eigenvalue weighted by molar-refractivity contribution is 5.80. The molecule has 1 aliphatic heterocycles. The minimum absolute atomic E-state index is 0.368. The van der Waals surface area contributed by atoms with Crippen LogP contribution in [0.25, 0.3) is 0 Å². The lowest BCUT2D eigenvalue weighted by atomic mass is 10.1. The van der Waals surface area contributed by atoms with Crippen LogP contribution in [0.4, 0.5) is 13.2 Å². The fraction of sp³-hybridized carbons (Fsp3) is 0.312. The van der Waals surface area contributed by atoms with Gasteiger partial charge in [-0.25, -0.2) is 4.68 Å². The van der Waals surface area contributed by atoms with Gasteiger partial charge in [-0.15, -0.1) is 0 Å². The molecule has 8 heteroatoms. The fourth-order valence-corrected chi connectivity index (χ4v) is 2.71. The maximum Gasteiger partial charge on any atom is 0.435 e. The summed E-state index contributed by atoms with van der Waals surface area (Å²) in [5.74, 6) is -0.444. The van der Waals surface area contributed by atoms with Crippen molar-refractivity contribution >= 4 is 5.91 Å². The first-order valence-electron chi connectivity index (χ1n) is 7.30. The van der Waals surface area contributed by atoms with Gasteiger partial charge in [-0.3, -0.25) is 9.59 Å². The van der Waals surface area contributed by atoms with Crippen LogP contribution >= 0.6 is 0 Å². The zero-order valence-electron chi connectivity index (χ0n) is 12.7. The number of hydrogen-bond acceptors (Lipinski definition) is 3. The zero-order chi connectivity index (χ0) is 17.5. The van der Waals surface area contributed by atoms with E-state index in [0.717, 1.165) is 17.2 Å². The molecule has 1 atom stereocenters. The number of nitrogens with zero attached hydrogens (tertiary/aromatic N) is 3. The molecule has 2 aromatic rings. The number of hydrogen-bond donors (Lipinski definition) is 0. The third-order valence-electron chi connectivity index (χ3n) is 3.99. The molecule has 0 bridgehead atoms. The van der Waals surface area contributed by atoms with E-state index in [-0.39, 0.29) is 0 Å². The summed E-state index contributed by atoms with van der Waals surface area (Å²) >= 11 is 0. The summed E-state index contributed by atoms with van der Waals surface area (Å²) in [6, 6.07) is 7.77. The lowest BCUT2D eigenvalue weighted by Gasteiger charge is -2.21. The Labute approximate surface area is 135 Å². The van der Waals surface area contributed by atoms with Crippen molar-refractivity contribution in [3.63, 3.8) is 0 Å². The molecule has 0 fully saturated rings. The number of halogens is 3. The summed E-state index contributed by atoms with van der Waals surface area (Å²) < 4.78 is 38.9. The first-order valence-corrected chi connectivity index (χ1v) is 7.30. The number of amides is 1. The van der Waals surface area contributed by atoms with E-state index in [4.69, 9.17) is 0 Å². The van der Waals surface area contributed by atoms with Crippen molar-refractivity contribution in [1.82, 2.24) is 14.7 Å². The smallest absolute Gasteiger partial charge is 0.332 e. The minimum atomic E-state index is -4.68. The number of alkyl halides is 3. The number of fused-ring (bicyclic) bond motifs is 1. The van der Waals surface area contributed by atoms with Gasteiger partial charge >= 0.3 is 6.18 Å². The third kappa shape index (κ3) is 2.91.